The highest BCUT2D eigenvalue weighted by molar-refractivity contribution is 7.07. The highest BCUT2D eigenvalue weighted by Crippen LogP contribution is 2.28. The molecule has 2 rings (SSSR count). The van der Waals surface area contributed by atoms with Gasteiger partial charge in [0.1, 0.15) is 0 Å². The van der Waals surface area contributed by atoms with Crippen molar-refractivity contribution in [3.8, 4) is 5.69 Å². The van der Waals surface area contributed by atoms with Crippen molar-refractivity contribution in [1.29, 1.82) is 0 Å². The maximum atomic E-state index is 11.9. The molecule has 0 unspecified atom stereocenters. The third-order valence-corrected chi connectivity index (χ3v) is 3.66. The van der Waals surface area contributed by atoms with E-state index in [1.54, 1.807) is 4.57 Å². The number of hydrogen-bond donors (Lipinski definition) is 0. The molecular weight excluding hydrogens is 230 g/mol. The average Bonchev–Trinajstić information content (AvgIpc) is 2.57. The quantitative estimate of drug-likeness (QED) is 0.756. The first-order chi connectivity index (χ1) is 7.91. The van der Waals surface area contributed by atoms with Crippen molar-refractivity contribution in [3.05, 3.63) is 50.6 Å². The predicted octanol–water partition coefficient (Wildman–Crippen LogP) is 3.50. The monoisotopic (exact) mass is 247 g/mol. The largest absolute Gasteiger partial charge is 0.311 e. The second kappa shape index (κ2) is 4.15. The van der Waals surface area contributed by atoms with Crippen LogP contribution in [0.5, 0.6) is 0 Å². The van der Waals surface area contributed by atoms with E-state index in [4.69, 9.17) is 0 Å². The molecule has 0 aliphatic carbocycles. The number of rotatable bonds is 1. The summed E-state index contributed by atoms with van der Waals surface area (Å²) in [4.78, 5) is 12.0. The molecule has 0 atom stereocenters. The van der Waals surface area contributed by atoms with Crippen LogP contribution < -0.4 is 4.87 Å². The predicted molar refractivity (Wildman–Crippen MR) is 73.4 cm³/mol. The van der Waals surface area contributed by atoms with Crippen molar-refractivity contribution in [2.24, 2.45) is 0 Å². The van der Waals surface area contributed by atoms with Gasteiger partial charge in [-0.25, -0.2) is 0 Å². The zero-order valence-corrected chi connectivity index (χ0v) is 11.5. The van der Waals surface area contributed by atoms with Gasteiger partial charge < -0.3 is 0 Å². The van der Waals surface area contributed by atoms with Gasteiger partial charge >= 0.3 is 4.87 Å². The first kappa shape index (κ1) is 12.1. The van der Waals surface area contributed by atoms with Crippen molar-refractivity contribution < 1.29 is 0 Å². The number of hydrogen-bond acceptors (Lipinski definition) is 2. The van der Waals surface area contributed by atoms with Gasteiger partial charge in [-0.1, -0.05) is 50.3 Å². The van der Waals surface area contributed by atoms with Gasteiger partial charge in [0.2, 0.25) is 0 Å². The fraction of sp³-hybridized carbons (Fsp3) is 0.357. The summed E-state index contributed by atoms with van der Waals surface area (Å²) in [5.41, 5.74) is 3.23. The summed E-state index contributed by atoms with van der Waals surface area (Å²) < 4.78 is 1.80. The standard InChI is InChI=1S/C14H17NOS/c1-10-9-17-13(16)15(10)12-8-6-5-7-11(12)14(2,3)4/h5-9H,1-4H3. The lowest BCUT2D eigenvalue weighted by Crippen LogP contribution is -2.20. The summed E-state index contributed by atoms with van der Waals surface area (Å²) in [6.07, 6.45) is 0. The molecule has 2 aromatic rings. The first-order valence-corrected chi connectivity index (χ1v) is 6.56. The molecule has 0 spiro atoms. The molecule has 0 radical (unpaired) electrons. The van der Waals surface area contributed by atoms with E-state index in [1.165, 1.54) is 16.9 Å². The Bertz CT molecular complexity index is 587. The molecule has 1 aromatic carbocycles. The topological polar surface area (TPSA) is 22.0 Å². The lowest BCUT2D eigenvalue weighted by molar-refractivity contribution is 0.585. The Labute approximate surface area is 106 Å². The van der Waals surface area contributed by atoms with E-state index in [0.29, 0.717) is 0 Å². The van der Waals surface area contributed by atoms with E-state index in [-0.39, 0.29) is 10.3 Å². The molecule has 0 N–H and O–H groups in total. The number of para-hydroxylation sites is 1. The molecule has 3 heteroatoms. The minimum atomic E-state index is 0.0322. The van der Waals surface area contributed by atoms with Crippen LogP contribution in [-0.2, 0) is 5.41 Å². The van der Waals surface area contributed by atoms with Crippen LogP contribution in [0.15, 0.2) is 34.4 Å². The maximum absolute atomic E-state index is 11.9. The van der Waals surface area contributed by atoms with Crippen LogP contribution in [0, 0.1) is 6.92 Å². The third-order valence-electron chi connectivity index (χ3n) is 2.82. The molecule has 1 aromatic heterocycles. The molecule has 1 heterocycles. The molecule has 0 aliphatic heterocycles. The third kappa shape index (κ3) is 2.20. The van der Waals surface area contributed by atoms with E-state index >= 15 is 0 Å². The minimum absolute atomic E-state index is 0.0322. The van der Waals surface area contributed by atoms with Crippen LogP contribution in [0.1, 0.15) is 32.0 Å². The number of aryl methyl sites for hydroxylation is 1. The second-order valence-electron chi connectivity index (χ2n) is 5.25. The molecule has 0 aliphatic rings. The molecule has 0 bridgehead atoms. The fourth-order valence-electron chi connectivity index (χ4n) is 1.98. The summed E-state index contributed by atoms with van der Waals surface area (Å²) in [6, 6.07) is 8.12. The van der Waals surface area contributed by atoms with Gasteiger partial charge in [0.05, 0.1) is 5.69 Å². The highest BCUT2D eigenvalue weighted by Gasteiger charge is 2.19. The number of aromatic nitrogens is 1. The van der Waals surface area contributed by atoms with E-state index in [0.717, 1.165) is 11.4 Å². The Hall–Kier alpha value is -1.35. The van der Waals surface area contributed by atoms with Gasteiger partial charge in [0.25, 0.3) is 0 Å². The zero-order valence-electron chi connectivity index (χ0n) is 10.7. The lowest BCUT2D eigenvalue weighted by Gasteiger charge is -2.23. The minimum Gasteiger partial charge on any atom is -0.272 e. The Morgan fingerprint density at radius 2 is 1.82 bits per heavy atom. The molecule has 0 amide bonds. The molecule has 0 saturated heterocycles. The highest BCUT2D eigenvalue weighted by atomic mass is 32.1. The number of benzene rings is 1. The smallest absolute Gasteiger partial charge is 0.272 e. The van der Waals surface area contributed by atoms with Crippen molar-refractivity contribution in [1.82, 2.24) is 4.57 Å². The van der Waals surface area contributed by atoms with Crippen molar-refractivity contribution in [2.45, 2.75) is 33.1 Å². The van der Waals surface area contributed by atoms with Crippen LogP contribution in [0.4, 0.5) is 0 Å². The maximum Gasteiger partial charge on any atom is 0.311 e. The average molecular weight is 247 g/mol. The van der Waals surface area contributed by atoms with Gasteiger partial charge in [-0.15, -0.1) is 0 Å². The van der Waals surface area contributed by atoms with E-state index in [2.05, 4.69) is 26.8 Å². The van der Waals surface area contributed by atoms with Crippen molar-refractivity contribution >= 4 is 11.3 Å². The van der Waals surface area contributed by atoms with Gasteiger partial charge in [-0.3, -0.25) is 9.36 Å². The Kier molecular flexibility index (Phi) is 2.96. The second-order valence-corrected chi connectivity index (χ2v) is 6.07. The first-order valence-electron chi connectivity index (χ1n) is 5.68. The van der Waals surface area contributed by atoms with Gasteiger partial charge in [0, 0.05) is 11.1 Å². The lowest BCUT2D eigenvalue weighted by atomic mass is 9.86. The number of nitrogens with zero attached hydrogens (tertiary/aromatic N) is 1. The molecule has 2 nitrogen and oxygen atoms in total. The summed E-state index contributed by atoms with van der Waals surface area (Å²) in [7, 11) is 0. The Morgan fingerprint density at radius 3 is 2.35 bits per heavy atom. The summed E-state index contributed by atoms with van der Waals surface area (Å²) in [5, 5.41) is 1.90. The van der Waals surface area contributed by atoms with Crippen LogP contribution in [0.3, 0.4) is 0 Å². The van der Waals surface area contributed by atoms with Crippen molar-refractivity contribution in [2.75, 3.05) is 0 Å². The molecule has 0 saturated carbocycles. The van der Waals surface area contributed by atoms with E-state index in [9.17, 15) is 4.79 Å². The van der Waals surface area contributed by atoms with Gasteiger partial charge in [-0.05, 0) is 24.0 Å². The van der Waals surface area contributed by atoms with Crippen LogP contribution in [0.25, 0.3) is 5.69 Å². The van der Waals surface area contributed by atoms with Crippen LogP contribution >= 0.6 is 11.3 Å². The van der Waals surface area contributed by atoms with Crippen molar-refractivity contribution in [3.63, 3.8) is 0 Å². The van der Waals surface area contributed by atoms with Crippen LogP contribution in [0.2, 0.25) is 0 Å². The van der Waals surface area contributed by atoms with E-state index < -0.39 is 0 Å². The fourth-order valence-corrected chi connectivity index (χ4v) is 2.70. The molecule has 90 valence electrons. The molecular formula is C14H17NOS. The van der Waals surface area contributed by atoms with Gasteiger partial charge in [-0.2, -0.15) is 0 Å². The normalized spacial score (nSPS) is 11.8. The summed E-state index contributed by atoms with van der Waals surface area (Å²) >= 11 is 1.25. The summed E-state index contributed by atoms with van der Waals surface area (Å²) in [6.45, 7) is 8.47. The molecule has 17 heavy (non-hydrogen) atoms. The van der Waals surface area contributed by atoms with Gasteiger partial charge in [0.15, 0.2) is 0 Å². The zero-order chi connectivity index (χ0) is 12.6. The SMILES string of the molecule is Cc1csc(=O)n1-c1ccccc1C(C)(C)C. The Balaban J connectivity index is 2.73. The Morgan fingerprint density at radius 1 is 1.18 bits per heavy atom. The molecule has 0 fully saturated rings. The number of thiazole rings is 1. The summed E-state index contributed by atoms with van der Waals surface area (Å²) in [5.74, 6) is 0. The van der Waals surface area contributed by atoms with E-state index in [1.807, 2.05) is 30.5 Å². The van der Waals surface area contributed by atoms with Crippen LogP contribution in [-0.4, -0.2) is 4.57 Å².